The van der Waals surface area contributed by atoms with Gasteiger partial charge in [0.25, 0.3) is 0 Å². The second kappa shape index (κ2) is 6.40. The third kappa shape index (κ3) is 3.49. The standard InChI is InChI=1S/C15H21N5/c1-11-15(12(2)19-18-11)5-4-6-20(3)10-13-7-14(8-16)17-9-13/h7,9,17H,4-6,10H2,1-3H3,(H,18,19). The lowest BCUT2D eigenvalue weighted by Crippen LogP contribution is -2.19. The predicted octanol–water partition coefficient (Wildman–Crippen LogP) is 2.29. The van der Waals surface area contributed by atoms with E-state index in [0.717, 1.165) is 37.2 Å². The van der Waals surface area contributed by atoms with Crippen molar-refractivity contribution in [2.45, 2.75) is 33.2 Å². The van der Waals surface area contributed by atoms with Gasteiger partial charge in [0.15, 0.2) is 0 Å². The second-order valence-electron chi connectivity index (χ2n) is 5.29. The number of nitriles is 1. The van der Waals surface area contributed by atoms with Crippen LogP contribution in [0.3, 0.4) is 0 Å². The molecule has 0 amide bonds. The van der Waals surface area contributed by atoms with Crippen LogP contribution in [0.15, 0.2) is 12.3 Å². The summed E-state index contributed by atoms with van der Waals surface area (Å²) in [6, 6.07) is 4.01. The molecule has 0 spiro atoms. The zero-order valence-electron chi connectivity index (χ0n) is 12.3. The molecule has 2 aromatic heterocycles. The molecule has 5 nitrogen and oxygen atoms in total. The van der Waals surface area contributed by atoms with Gasteiger partial charge in [0.2, 0.25) is 0 Å². The number of hydrogen-bond acceptors (Lipinski definition) is 3. The van der Waals surface area contributed by atoms with Gasteiger partial charge in [0, 0.05) is 18.4 Å². The van der Waals surface area contributed by atoms with Crippen LogP contribution in [0, 0.1) is 25.2 Å². The second-order valence-corrected chi connectivity index (χ2v) is 5.29. The number of aromatic amines is 2. The van der Waals surface area contributed by atoms with Crippen LogP contribution in [0.1, 0.15) is 34.6 Å². The van der Waals surface area contributed by atoms with Gasteiger partial charge in [-0.15, -0.1) is 0 Å². The molecular formula is C15H21N5. The third-order valence-electron chi connectivity index (χ3n) is 3.56. The highest BCUT2D eigenvalue weighted by atomic mass is 15.1. The lowest BCUT2D eigenvalue weighted by molar-refractivity contribution is 0.322. The van der Waals surface area contributed by atoms with Gasteiger partial charge in [0.05, 0.1) is 5.69 Å². The summed E-state index contributed by atoms with van der Waals surface area (Å²) in [6.07, 6.45) is 4.06. The predicted molar refractivity (Wildman–Crippen MR) is 78.2 cm³/mol. The normalized spacial score (nSPS) is 10.9. The van der Waals surface area contributed by atoms with Gasteiger partial charge in [-0.1, -0.05) is 0 Å². The Labute approximate surface area is 119 Å². The first-order chi connectivity index (χ1) is 9.60. The Bertz CT molecular complexity index is 583. The summed E-state index contributed by atoms with van der Waals surface area (Å²) >= 11 is 0. The molecule has 20 heavy (non-hydrogen) atoms. The van der Waals surface area contributed by atoms with Crippen molar-refractivity contribution in [3.63, 3.8) is 0 Å². The summed E-state index contributed by atoms with van der Waals surface area (Å²) in [5, 5.41) is 16.0. The molecule has 0 aliphatic rings. The molecule has 0 fully saturated rings. The van der Waals surface area contributed by atoms with Gasteiger partial charge >= 0.3 is 0 Å². The molecule has 0 bridgehead atoms. The van der Waals surface area contributed by atoms with E-state index in [9.17, 15) is 0 Å². The van der Waals surface area contributed by atoms with E-state index in [1.54, 1.807) is 0 Å². The highest BCUT2D eigenvalue weighted by molar-refractivity contribution is 5.26. The monoisotopic (exact) mass is 271 g/mol. The van der Waals surface area contributed by atoms with Crippen LogP contribution < -0.4 is 0 Å². The van der Waals surface area contributed by atoms with Crippen molar-refractivity contribution < 1.29 is 0 Å². The summed E-state index contributed by atoms with van der Waals surface area (Å²) in [7, 11) is 2.11. The number of nitrogens with one attached hydrogen (secondary N) is 2. The fourth-order valence-electron chi connectivity index (χ4n) is 2.45. The number of hydrogen-bond donors (Lipinski definition) is 2. The zero-order valence-corrected chi connectivity index (χ0v) is 12.3. The molecule has 5 heteroatoms. The average molecular weight is 271 g/mol. The SMILES string of the molecule is Cc1n[nH]c(C)c1CCCN(C)Cc1c[nH]c(C#N)c1. The molecule has 2 N–H and O–H groups in total. The fraction of sp³-hybridized carbons (Fsp3) is 0.467. The van der Waals surface area contributed by atoms with Crippen molar-refractivity contribution >= 4 is 0 Å². The largest absolute Gasteiger partial charge is 0.353 e. The third-order valence-corrected chi connectivity index (χ3v) is 3.56. The van der Waals surface area contributed by atoms with Crippen molar-refractivity contribution in [3.8, 4) is 6.07 Å². The molecule has 2 heterocycles. The Hall–Kier alpha value is -2.06. The Balaban J connectivity index is 1.78. The minimum atomic E-state index is 0.623. The van der Waals surface area contributed by atoms with Gasteiger partial charge in [-0.3, -0.25) is 5.10 Å². The van der Waals surface area contributed by atoms with E-state index < -0.39 is 0 Å². The molecule has 106 valence electrons. The lowest BCUT2D eigenvalue weighted by atomic mass is 10.1. The smallest absolute Gasteiger partial charge is 0.117 e. The minimum absolute atomic E-state index is 0.623. The summed E-state index contributed by atoms with van der Waals surface area (Å²) in [5.41, 5.74) is 5.40. The van der Waals surface area contributed by atoms with Crippen LogP contribution in [0.2, 0.25) is 0 Å². The lowest BCUT2D eigenvalue weighted by Gasteiger charge is -2.15. The van der Waals surface area contributed by atoms with E-state index in [0.29, 0.717) is 5.69 Å². The molecular weight excluding hydrogens is 250 g/mol. The summed E-state index contributed by atoms with van der Waals surface area (Å²) in [5.74, 6) is 0. The Kier molecular flexibility index (Phi) is 4.59. The Morgan fingerprint density at radius 2 is 2.20 bits per heavy atom. The zero-order chi connectivity index (χ0) is 14.5. The van der Waals surface area contributed by atoms with Crippen LogP contribution >= 0.6 is 0 Å². The van der Waals surface area contributed by atoms with Crippen LogP contribution in [0.5, 0.6) is 0 Å². The number of H-pyrrole nitrogens is 2. The average Bonchev–Trinajstić information content (AvgIpc) is 2.99. The molecule has 0 aromatic carbocycles. The van der Waals surface area contributed by atoms with Crippen LogP contribution in [-0.2, 0) is 13.0 Å². The maximum Gasteiger partial charge on any atom is 0.117 e. The summed E-state index contributed by atoms with van der Waals surface area (Å²) < 4.78 is 0. The van der Waals surface area contributed by atoms with Crippen molar-refractivity contribution in [1.82, 2.24) is 20.1 Å². The van der Waals surface area contributed by atoms with Gasteiger partial charge < -0.3 is 9.88 Å². The first-order valence-electron chi connectivity index (χ1n) is 6.86. The van der Waals surface area contributed by atoms with E-state index in [2.05, 4.69) is 40.1 Å². The molecule has 2 rings (SSSR count). The molecule has 0 aliphatic carbocycles. The van der Waals surface area contributed by atoms with Gasteiger partial charge in [-0.05, 0) is 57.5 Å². The molecule has 0 aliphatic heterocycles. The summed E-state index contributed by atoms with van der Waals surface area (Å²) in [4.78, 5) is 5.23. The van der Waals surface area contributed by atoms with E-state index in [-0.39, 0.29) is 0 Å². The first-order valence-corrected chi connectivity index (χ1v) is 6.86. The molecule has 0 saturated carbocycles. The Morgan fingerprint density at radius 1 is 1.40 bits per heavy atom. The fourth-order valence-corrected chi connectivity index (χ4v) is 2.45. The van der Waals surface area contributed by atoms with Crippen molar-refractivity contribution in [1.29, 1.82) is 5.26 Å². The maximum absolute atomic E-state index is 8.78. The van der Waals surface area contributed by atoms with E-state index in [4.69, 9.17) is 5.26 Å². The number of nitrogens with zero attached hydrogens (tertiary/aromatic N) is 3. The topological polar surface area (TPSA) is 71.5 Å². The molecule has 0 atom stereocenters. The molecule has 0 saturated heterocycles. The van der Waals surface area contributed by atoms with Gasteiger partial charge in [-0.25, -0.2) is 0 Å². The molecule has 0 unspecified atom stereocenters. The first kappa shape index (κ1) is 14.4. The Morgan fingerprint density at radius 3 is 2.80 bits per heavy atom. The van der Waals surface area contributed by atoms with Gasteiger partial charge in [-0.2, -0.15) is 10.4 Å². The van der Waals surface area contributed by atoms with Crippen molar-refractivity contribution in [2.24, 2.45) is 0 Å². The minimum Gasteiger partial charge on any atom is -0.353 e. The molecule has 2 aromatic rings. The summed E-state index contributed by atoms with van der Waals surface area (Å²) in [6.45, 7) is 6.01. The van der Waals surface area contributed by atoms with Crippen LogP contribution in [-0.4, -0.2) is 33.7 Å². The quantitative estimate of drug-likeness (QED) is 0.846. The maximum atomic E-state index is 8.78. The van der Waals surface area contributed by atoms with E-state index in [1.165, 1.54) is 11.3 Å². The number of aromatic nitrogens is 3. The van der Waals surface area contributed by atoms with Crippen LogP contribution in [0.25, 0.3) is 0 Å². The van der Waals surface area contributed by atoms with Gasteiger partial charge in [0.1, 0.15) is 11.8 Å². The highest BCUT2D eigenvalue weighted by Crippen LogP contribution is 2.12. The number of rotatable bonds is 6. The van der Waals surface area contributed by atoms with Crippen molar-refractivity contribution in [3.05, 3.63) is 40.5 Å². The highest BCUT2D eigenvalue weighted by Gasteiger charge is 2.07. The van der Waals surface area contributed by atoms with Crippen LogP contribution in [0.4, 0.5) is 0 Å². The molecule has 0 radical (unpaired) electrons. The number of aryl methyl sites for hydroxylation is 2. The van der Waals surface area contributed by atoms with E-state index in [1.807, 2.05) is 19.2 Å². The van der Waals surface area contributed by atoms with E-state index >= 15 is 0 Å². The van der Waals surface area contributed by atoms with Crippen molar-refractivity contribution in [2.75, 3.05) is 13.6 Å².